The van der Waals surface area contributed by atoms with E-state index >= 15 is 0 Å². The van der Waals surface area contributed by atoms with Gasteiger partial charge in [-0.2, -0.15) is 0 Å². The van der Waals surface area contributed by atoms with Gasteiger partial charge in [-0.1, -0.05) is 36.4 Å². The molecule has 21 heavy (non-hydrogen) atoms. The molecular formula is C17H15N3O. The van der Waals surface area contributed by atoms with E-state index in [-0.39, 0.29) is 5.84 Å². The second-order valence-electron chi connectivity index (χ2n) is 4.69. The normalized spacial score (nSPS) is 10.5. The Bertz CT molecular complexity index is 799. The molecule has 4 nitrogen and oxygen atoms in total. The van der Waals surface area contributed by atoms with E-state index in [1.807, 2.05) is 48.5 Å². The molecule has 0 aliphatic heterocycles. The standard InChI is InChI=1S/C17H15N3O/c18-17(19)14-6-2-4-8-16(14)21-11-13-10-9-12-5-1-3-7-15(12)20-13/h1-10H,11H2,(H3,18,19). The molecule has 3 rings (SSSR count). The highest BCUT2D eigenvalue weighted by Crippen LogP contribution is 2.19. The Labute approximate surface area is 122 Å². The fourth-order valence-corrected chi connectivity index (χ4v) is 2.16. The van der Waals surface area contributed by atoms with Crippen LogP contribution in [-0.2, 0) is 6.61 Å². The van der Waals surface area contributed by atoms with E-state index in [0.717, 1.165) is 16.6 Å². The van der Waals surface area contributed by atoms with Gasteiger partial charge in [0.15, 0.2) is 0 Å². The molecule has 3 N–H and O–H groups in total. The smallest absolute Gasteiger partial charge is 0.130 e. The number of pyridine rings is 1. The Morgan fingerprint density at radius 1 is 1.00 bits per heavy atom. The lowest BCUT2D eigenvalue weighted by Crippen LogP contribution is -2.13. The summed E-state index contributed by atoms with van der Waals surface area (Å²) >= 11 is 0. The summed E-state index contributed by atoms with van der Waals surface area (Å²) in [6, 6.07) is 19.2. The molecule has 0 aliphatic rings. The Balaban J connectivity index is 1.82. The maximum atomic E-state index is 7.55. The van der Waals surface area contributed by atoms with E-state index in [1.165, 1.54) is 0 Å². The van der Waals surface area contributed by atoms with Crippen molar-refractivity contribution in [3.05, 3.63) is 71.9 Å². The van der Waals surface area contributed by atoms with Gasteiger partial charge in [0.2, 0.25) is 0 Å². The molecular weight excluding hydrogens is 262 g/mol. The molecule has 0 unspecified atom stereocenters. The van der Waals surface area contributed by atoms with Crippen LogP contribution in [0.25, 0.3) is 10.9 Å². The second kappa shape index (κ2) is 5.63. The number of nitrogens with two attached hydrogens (primary N) is 1. The van der Waals surface area contributed by atoms with Crippen molar-refractivity contribution in [3.8, 4) is 5.75 Å². The Morgan fingerprint density at radius 2 is 1.76 bits per heavy atom. The van der Waals surface area contributed by atoms with Crippen LogP contribution in [-0.4, -0.2) is 10.8 Å². The first-order chi connectivity index (χ1) is 10.2. The molecule has 0 aliphatic carbocycles. The lowest BCUT2D eigenvalue weighted by Gasteiger charge is -2.10. The van der Waals surface area contributed by atoms with Crippen LogP contribution in [0.3, 0.4) is 0 Å². The van der Waals surface area contributed by atoms with Crippen molar-refractivity contribution in [3.63, 3.8) is 0 Å². The van der Waals surface area contributed by atoms with Crippen molar-refractivity contribution >= 4 is 16.7 Å². The van der Waals surface area contributed by atoms with Gasteiger partial charge in [0.05, 0.1) is 16.8 Å². The van der Waals surface area contributed by atoms with Crippen molar-refractivity contribution < 1.29 is 4.74 Å². The van der Waals surface area contributed by atoms with Gasteiger partial charge in [-0.25, -0.2) is 4.98 Å². The van der Waals surface area contributed by atoms with Gasteiger partial charge < -0.3 is 10.5 Å². The van der Waals surface area contributed by atoms with Crippen molar-refractivity contribution in [2.24, 2.45) is 5.73 Å². The summed E-state index contributed by atoms with van der Waals surface area (Å²) in [4.78, 5) is 4.55. The zero-order valence-electron chi connectivity index (χ0n) is 11.4. The minimum Gasteiger partial charge on any atom is -0.487 e. The number of fused-ring (bicyclic) bond motifs is 1. The SMILES string of the molecule is N=C(N)c1ccccc1OCc1ccc2ccccc2n1. The van der Waals surface area contributed by atoms with E-state index in [0.29, 0.717) is 17.9 Å². The van der Waals surface area contributed by atoms with Gasteiger partial charge in [0.1, 0.15) is 18.2 Å². The number of nitrogen functional groups attached to an aromatic ring is 1. The molecule has 1 aromatic heterocycles. The van der Waals surface area contributed by atoms with Crippen LogP contribution in [0.2, 0.25) is 0 Å². The van der Waals surface area contributed by atoms with Crippen molar-refractivity contribution in [2.75, 3.05) is 0 Å². The van der Waals surface area contributed by atoms with Crippen molar-refractivity contribution in [1.82, 2.24) is 4.98 Å². The van der Waals surface area contributed by atoms with Crippen LogP contribution in [0.1, 0.15) is 11.3 Å². The first kappa shape index (κ1) is 13.1. The van der Waals surface area contributed by atoms with E-state index in [9.17, 15) is 0 Å². The number of hydrogen-bond donors (Lipinski definition) is 2. The predicted octanol–water partition coefficient (Wildman–Crippen LogP) is 3.10. The average molecular weight is 277 g/mol. The summed E-state index contributed by atoms with van der Waals surface area (Å²) in [7, 11) is 0. The number of rotatable bonds is 4. The third-order valence-corrected chi connectivity index (χ3v) is 3.21. The average Bonchev–Trinajstić information content (AvgIpc) is 2.53. The number of nitrogens with zero attached hydrogens (tertiary/aromatic N) is 1. The van der Waals surface area contributed by atoms with Crippen molar-refractivity contribution in [1.29, 1.82) is 5.41 Å². The largest absolute Gasteiger partial charge is 0.487 e. The number of para-hydroxylation sites is 2. The molecule has 0 bridgehead atoms. The monoisotopic (exact) mass is 277 g/mol. The Morgan fingerprint density at radius 3 is 2.62 bits per heavy atom. The van der Waals surface area contributed by atoms with Crippen LogP contribution in [0.15, 0.2) is 60.7 Å². The number of hydrogen-bond acceptors (Lipinski definition) is 3. The summed E-state index contributed by atoms with van der Waals surface area (Å²) in [5.74, 6) is 0.594. The highest BCUT2D eigenvalue weighted by atomic mass is 16.5. The lowest BCUT2D eigenvalue weighted by molar-refractivity contribution is 0.301. The van der Waals surface area contributed by atoms with E-state index in [4.69, 9.17) is 15.9 Å². The van der Waals surface area contributed by atoms with E-state index in [1.54, 1.807) is 12.1 Å². The molecule has 3 aromatic rings. The highest BCUT2D eigenvalue weighted by Gasteiger charge is 2.06. The molecule has 1 heterocycles. The van der Waals surface area contributed by atoms with Gasteiger partial charge in [0.25, 0.3) is 0 Å². The summed E-state index contributed by atoms with van der Waals surface area (Å²) in [6.07, 6.45) is 0. The van der Waals surface area contributed by atoms with E-state index in [2.05, 4.69) is 4.98 Å². The minimum absolute atomic E-state index is 0.00271. The van der Waals surface area contributed by atoms with Gasteiger partial charge in [-0.05, 0) is 24.3 Å². The first-order valence-corrected chi connectivity index (χ1v) is 6.65. The van der Waals surface area contributed by atoms with Crippen LogP contribution in [0, 0.1) is 5.41 Å². The summed E-state index contributed by atoms with van der Waals surface area (Å²) in [6.45, 7) is 0.342. The second-order valence-corrected chi connectivity index (χ2v) is 4.69. The maximum Gasteiger partial charge on any atom is 0.130 e. The number of nitrogens with one attached hydrogen (secondary N) is 1. The quantitative estimate of drug-likeness (QED) is 0.568. The summed E-state index contributed by atoms with van der Waals surface area (Å²) < 4.78 is 5.75. The van der Waals surface area contributed by atoms with Crippen LogP contribution >= 0.6 is 0 Å². The number of amidine groups is 1. The summed E-state index contributed by atoms with van der Waals surface area (Å²) in [5, 5.41) is 8.65. The molecule has 0 saturated carbocycles. The molecule has 0 fully saturated rings. The zero-order valence-corrected chi connectivity index (χ0v) is 11.4. The molecule has 4 heteroatoms. The molecule has 2 aromatic carbocycles. The van der Waals surface area contributed by atoms with Crippen LogP contribution in [0.5, 0.6) is 5.75 Å². The number of ether oxygens (including phenoxy) is 1. The van der Waals surface area contributed by atoms with Gasteiger partial charge in [0, 0.05) is 5.39 Å². The van der Waals surface area contributed by atoms with Gasteiger partial charge in [-0.3, -0.25) is 5.41 Å². The fourth-order valence-electron chi connectivity index (χ4n) is 2.16. The third kappa shape index (κ3) is 2.84. The first-order valence-electron chi connectivity index (χ1n) is 6.65. The number of aromatic nitrogens is 1. The van der Waals surface area contributed by atoms with E-state index < -0.39 is 0 Å². The summed E-state index contributed by atoms with van der Waals surface area (Å²) in [5.41, 5.74) is 7.92. The minimum atomic E-state index is -0.00271. The molecule has 0 amide bonds. The topological polar surface area (TPSA) is 72.0 Å². The van der Waals surface area contributed by atoms with Gasteiger partial charge >= 0.3 is 0 Å². The maximum absolute atomic E-state index is 7.55. The van der Waals surface area contributed by atoms with Crippen LogP contribution < -0.4 is 10.5 Å². The molecule has 0 saturated heterocycles. The third-order valence-electron chi connectivity index (χ3n) is 3.21. The Kier molecular flexibility index (Phi) is 3.51. The fraction of sp³-hybridized carbons (Fsp3) is 0.0588. The molecule has 0 spiro atoms. The number of benzene rings is 2. The Hall–Kier alpha value is -2.88. The molecule has 0 atom stereocenters. The molecule has 104 valence electrons. The zero-order chi connectivity index (χ0) is 14.7. The van der Waals surface area contributed by atoms with Crippen LogP contribution in [0.4, 0.5) is 0 Å². The lowest BCUT2D eigenvalue weighted by atomic mass is 10.2. The van der Waals surface area contributed by atoms with Gasteiger partial charge in [-0.15, -0.1) is 0 Å². The molecule has 0 radical (unpaired) electrons. The van der Waals surface area contributed by atoms with Crippen molar-refractivity contribution in [2.45, 2.75) is 6.61 Å². The predicted molar refractivity (Wildman–Crippen MR) is 83.5 cm³/mol. The highest BCUT2D eigenvalue weighted by molar-refractivity contribution is 5.97.